The van der Waals surface area contributed by atoms with Crippen LogP contribution in [0.3, 0.4) is 0 Å². The predicted molar refractivity (Wildman–Crippen MR) is 98.6 cm³/mol. The molecule has 1 aliphatic rings. The van der Waals surface area contributed by atoms with E-state index in [0.29, 0.717) is 29.4 Å². The highest BCUT2D eigenvalue weighted by molar-refractivity contribution is 5.93. The van der Waals surface area contributed by atoms with Crippen molar-refractivity contribution in [3.8, 4) is 22.8 Å². The van der Waals surface area contributed by atoms with Crippen LogP contribution in [0.2, 0.25) is 0 Å². The lowest BCUT2D eigenvalue weighted by Crippen LogP contribution is -2.26. The molecule has 0 aliphatic carbocycles. The van der Waals surface area contributed by atoms with E-state index in [2.05, 4.69) is 15.3 Å². The molecule has 0 unspecified atom stereocenters. The average molecular weight is 367 g/mol. The van der Waals surface area contributed by atoms with Gasteiger partial charge in [0.2, 0.25) is 6.79 Å². The molecule has 1 aromatic carbocycles. The van der Waals surface area contributed by atoms with Crippen LogP contribution in [0, 0.1) is 6.92 Å². The number of ether oxygens (including phenoxy) is 2. The van der Waals surface area contributed by atoms with Crippen molar-refractivity contribution in [3.05, 3.63) is 47.4 Å². The van der Waals surface area contributed by atoms with Crippen LogP contribution in [0.1, 0.15) is 28.7 Å². The molecule has 8 heteroatoms. The molecule has 0 spiro atoms. The number of benzene rings is 1. The summed E-state index contributed by atoms with van der Waals surface area (Å²) in [4.78, 5) is 14.4. The van der Waals surface area contributed by atoms with Crippen LogP contribution in [0.5, 0.6) is 11.5 Å². The fourth-order valence-corrected chi connectivity index (χ4v) is 3.13. The smallest absolute Gasteiger partial charge is 0.271 e. The number of hydrogen-bond donors (Lipinski definition) is 1. The Labute approximate surface area is 156 Å². The van der Waals surface area contributed by atoms with E-state index in [4.69, 9.17) is 9.47 Å². The highest BCUT2D eigenvalue weighted by Gasteiger charge is 2.19. The van der Waals surface area contributed by atoms with Crippen LogP contribution >= 0.6 is 0 Å². The molecule has 3 heterocycles. The van der Waals surface area contributed by atoms with Gasteiger partial charge < -0.3 is 14.4 Å². The maximum Gasteiger partial charge on any atom is 0.271 e. The monoisotopic (exact) mass is 367 g/mol. The molecular formula is C19H21N5O3. The van der Waals surface area contributed by atoms with Crippen molar-refractivity contribution >= 4 is 5.91 Å². The van der Waals surface area contributed by atoms with Crippen LogP contribution in [0.25, 0.3) is 11.3 Å². The first kappa shape index (κ1) is 17.1. The van der Waals surface area contributed by atoms with Crippen molar-refractivity contribution in [1.29, 1.82) is 0 Å². The Morgan fingerprint density at radius 2 is 2.11 bits per heavy atom. The van der Waals surface area contributed by atoms with E-state index >= 15 is 0 Å². The summed E-state index contributed by atoms with van der Waals surface area (Å²) in [6, 6.07) is 7.34. The Kier molecular flexibility index (Phi) is 4.31. The Balaban J connectivity index is 1.50. The molecule has 0 bridgehead atoms. The first-order valence-electron chi connectivity index (χ1n) is 8.79. The van der Waals surface area contributed by atoms with E-state index in [1.54, 1.807) is 18.0 Å². The zero-order valence-corrected chi connectivity index (χ0v) is 15.5. The molecule has 8 nitrogen and oxygen atoms in total. The van der Waals surface area contributed by atoms with Crippen molar-refractivity contribution < 1.29 is 14.3 Å². The molecule has 0 saturated carbocycles. The molecule has 27 heavy (non-hydrogen) atoms. The molecule has 4 rings (SSSR count). The number of carbonyl (C=O) groups is 1. The minimum atomic E-state index is -0.127. The average Bonchev–Trinajstić information content (AvgIpc) is 3.40. The van der Waals surface area contributed by atoms with Crippen LogP contribution in [0.4, 0.5) is 0 Å². The summed E-state index contributed by atoms with van der Waals surface area (Å²) in [6.07, 6.45) is 1.81. The fourth-order valence-electron chi connectivity index (χ4n) is 3.13. The Morgan fingerprint density at radius 3 is 2.89 bits per heavy atom. The Morgan fingerprint density at radius 1 is 1.30 bits per heavy atom. The molecule has 0 atom stereocenters. The van der Waals surface area contributed by atoms with Gasteiger partial charge in [-0.2, -0.15) is 10.2 Å². The molecule has 0 fully saturated rings. The molecule has 140 valence electrons. The van der Waals surface area contributed by atoms with Crippen molar-refractivity contribution in [2.24, 2.45) is 0 Å². The summed E-state index contributed by atoms with van der Waals surface area (Å²) in [7, 11) is 1.77. The van der Waals surface area contributed by atoms with Crippen LogP contribution in [-0.4, -0.2) is 44.6 Å². The van der Waals surface area contributed by atoms with E-state index in [0.717, 1.165) is 23.4 Å². The van der Waals surface area contributed by atoms with E-state index in [1.807, 2.05) is 42.9 Å². The third-order valence-electron chi connectivity index (χ3n) is 4.74. The second kappa shape index (κ2) is 6.79. The quantitative estimate of drug-likeness (QED) is 0.749. The molecule has 1 aliphatic heterocycles. The standard InChI is InChI=1S/C19H21N5O3/c1-4-24-12(2)14(9-20-24)10-23(3)19(25)16-8-15(21-22-16)13-5-6-17-18(7-13)27-11-26-17/h5-9H,4,10-11H2,1-3H3,(H,21,22). The normalized spacial score (nSPS) is 12.4. The lowest BCUT2D eigenvalue weighted by Gasteiger charge is -2.15. The van der Waals surface area contributed by atoms with Gasteiger partial charge in [0.05, 0.1) is 11.9 Å². The zero-order valence-electron chi connectivity index (χ0n) is 15.5. The molecular weight excluding hydrogens is 346 g/mol. The number of rotatable bonds is 5. The highest BCUT2D eigenvalue weighted by atomic mass is 16.7. The second-order valence-electron chi connectivity index (χ2n) is 6.47. The van der Waals surface area contributed by atoms with E-state index in [9.17, 15) is 4.79 Å². The molecule has 1 amide bonds. The van der Waals surface area contributed by atoms with E-state index < -0.39 is 0 Å². The van der Waals surface area contributed by atoms with Gasteiger partial charge in [-0.15, -0.1) is 0 Å². The topological polar surface area (TPSA) is 85.3 Å². The van der Waals surface area contributed by atoms with Gasteiger partial charge in [-0.1, -0.05) is 0 Å². The van der Waals surface area contributed by atoms with Gasteiger partial charge in [0.15, 0.2) is 11.5 Å². The first-order chi connectivity index (χ1) is 13.1. The molecule has 1 N–H and O–H groups in total. The lowest BCUT2D eigenvalue weighted by atomic mass is 10.1. The Hall–Kier alpha value is -3.29. The van der Waals surface area contributed by atoms with Crippen molar-refractivity contribution in [3.63, 3.8) is 0 Å². The van der Waals surface area contributed by atoms with Gasteiger partial charge in [-0.3, -0.25) is 14.6 Å². The SMILES string of the molecule is CCn1ncc(CN(C)C(=O)c2cc(-c3ccc4c(c3)OCO4)n[nH]2)c1C. The summed E-state index contributed by atoms with van der Waals surface area (Å²) in [5.41, 5.74) is 4.08. The van der Waals surface area contributed by atoms with Gasteiger partial charge in [0.25, 0.3) is 5.91 Å². The maximum absolute atomic E-state index is 12.8. The predicted octanol–water partition coefficient (Wildman–Crippen LogP) is 2.60. The van der Waals surface area contributed by atoms with Gasteiger partial charge in [0.1, 0.15) is 5.69 Å². The second-order valence-corrected chi connectivity index (χ2v) is 6.47. The van der Waals surface area contributed by atoms with E-state index in [-0.39, 0.29) is 12.7 Å². The summed E-state index contributed by atoms with van der Waals surface area (Å²) < 4.78 is 12.6. The van der Waals surface area contributed by atoms with Gasteiger partial charge in [-0.25, -0.2) is 0 Å². The molecule has 0 saturated heterocycles. The number of H-pyrrole nitrogens is 1. The number of aryl methyl sites for hydroxylation is 1. The van der Waals surface area contributed by atoms with Crippen LogP contribution in [0.15, 0.2) is 30.5 Å². The summed E-state index contributed by atoms with van der Waals surface area (Å²) >= 11 is 0. The van der Waals surface area contributed by atoms with Crippen LogP contribution < -0.4 is 9.47 Å². The minimum absolute atomic E-state index is 0.127. The molecule has 0 radical (unpaired) electrons. The Bertz CT molecular complexity index is 991. The summed E-state index contributed by atoms with van der Waals surface area (Å²) in [6.45, 7) is 5.58. The first-order valence-corrected chi connectivity index (χ1v) is 8.79. The van der Waals surface area contributed by atoms with Crippen molar-refractivity contribution in [2.75, 3.05) is 13.8 Å². The number of aromatic amines is 1. The third kappa shape index (κ3) is 3.14. The number of fused-ring (bicyclic) bond motifs is 1. The van der Waals surface area contributed by atoms with Crippen LogP contribution in [-0.2, 0) is 13.1 Å². The molecule has 3 aromatic rings. The molecule has 2 aromatic heterocycles. The minimum Gasteiger partial charge on any atom is -0.454 e. The number of aromatic nitrogens is 4. The number of nitrogens with one attached hydrogen (secondary N) is 1. The van der Waals surface area contributed by atoms with Crippen molar-refractivity contribution in [2.45, 2.75) is 26.9 Å². The zero-order chi connectivity index (χ0) is 19.0. The lowest BCUT2D eigenvalue weighted by molar-refractivity contribution is 0.0779. The number of hydrogen-bond acceptors (Lipinski definition) is 5. The maximum atomic E-state index is 12.8. The van der Waals surface area contributed by atoms with E-state index in [1.165, 1.54) is 0 Å². The summed E-state index contributed by atoms with van der Waals surface area (Å²) in [5.74, 6) is 1.27. The van der Waals surface area contributed by atoms with Gasteiger partial charge in [0, 0.05) is 37.0 Å². The number of carbonyl (C=O) groups excluding carboxylic acids is 1. The number of amides is 1. The summed E-state index contributed by atoms with van der Waals surface area (Å²) in [5, 5.41) is 11.4. The largest absolute Gasteiger partial charge is 0.454 e. The van der Waals surface area contributed by atoms with Crippen molar-refractivity contribution in [1.82, 2.24) is 24.9 Å². The highest BCUT2D eigenvalue weighted by Crippen LogP contribution is 2.35. The van der Waals surface area contributed by atoms with Gasteiger partial charge >= 0.3 is 0 Å². The number of nitrogens with zero attached hydrogens (tertiary/aromatic N) is 4. The fraction of sp³-hybridized carbons (Fsp3) is 0.316. The van der Waals surface area contributed by atoms with Gasteiger partial charge in [-0.05, 0) is 38.1 Å². The third-order valence-corrected chi connectivity index (χ3v) is 4.74.